The fourth-order valence-corrected chi connectivity index (χ4v) is 3.68. The first-order valence-electron chi connectivity index (χ1n) is 8.50. The summed E-state index contributed by atoms with van der Waals surface area (Å²) in [5.41, 5.74) is 0.594. The predicted octanol–water partition coefficient (Wildman–Crippen LogP) is 3.20. The lowest BCUT2D eigenvalue weighted by atomic mass is 10.1. The van der Waals surface area contributed by atoms with E-state index < -0.39 is 4.92 Å². The van der Waals surface area contributed by atoms with Crippen LogP contribution in [0.5, 0.6) is 0 Å². The van der Waals surface area contributed by atoms with Crippen molar-refractivity contribution in [3.8, 4) is 11.3 Å². The summed E-state index contributed by atoms with van der Waals surface area (Å²) in [6, 6.07) is 9.87. The molecule has 26 heavy (non-hydrogen) atoms. The summed E-state index contributed by atoms with van der Waals surface area (Å²) in [5, 5.41) is 10.9. The van der Waals surface area contributed by atoms with Crippen LogP contribution in [-0.2, 0) is 0 Å². The number of amides is 1. The van der Waals surface area contributed by atoms with Gasteiger partial charge in [-0.25, -0.2) is 0 Å². The Labute approximate surface area is 157 Å². The van der Waals surface area contributed by atoms with Crippen LogP contribution in [0.2, 0.25) is 0 Å². The highest BCUT2D eigenvalue weighted by atomic mass is 35.5. The van der Waals surface area contributed by atoms with E-state index in [1.54, 1.807) is 24.3 Å². The summed E-state index contributed by atoms with van der Waals surface area (Å²) in [6.07, 6.45) is 2.01. The molecule has 1 aromatic heterocycles. The van der Waals surface area contributed by atoms with E-state index in [2.05, 4.69) is 4.90 Å². The number of fused-ring (bicyclic) bond motifs is 4. The second-order valence-electron chi connectivity index (χ2n) is 6.54. The van der Waals surface area contributed by atoms with Gasteiger partial charge in [0.25, 0.3) is 11.6 Å². The largest absolute Gasteiger partial charge is 0.451 e. The lowest BCUT2D eigenvalue weighted by molar-refractivity contribution is -0.384. The van der Waals surface area contributed by atoms with Crippen molar-refractivity contribution in [2.75, 3.05) is 26.2 Å². The molecule has 3 aliphatic heterocycles. The van der Waals surface area contributed by atoms with Crippen LogP contribution in [0.15, 0.2) is 40.8 Å². The first-order valence-corrected chi connectivity index (χ1v) is 8.50. The van der Waals surface area contributed by atoms with Gasteiger partial charge in [-0.2, -0.15) is 0 Å². The van der Waals surface area contributed by atoms with Gasteiger partial charge in [-0.15, -0.1) is 12.4 Å². The summed E-state index contributed by atoms with van der Waals surface area (Å²) in [5.74, 6) is 0.669. The van der Waals surface area contributed by atoms with Crippen molar-refractivity contribution in [2.45, 2.75) is 18.9 Å². The van der Waals surface area contributed by atoms with Gasteiger partial charge in [-0.05, 0) is 25.0 Å². The molecule has 8 heteroatoms. The van der Waals surface area contributed by atoms with Crippen LogP contribution in [0.25, 0.3) is 11.3 Å². The zero-order chi connectivity index (χ0) is 17.4. The second-order valence-corrected chi connectivity index (χ2v) is 6.54. The normalized spacial score (nSPS) is 21.8. The standard InChI is InChI=1S/C18H19N3O4.ClH/c22-18(20-11-10-19-8-6-14(20)7-9-19)17-5-4-16(25-17)13-2-1-3-15(12-13)21(23)24;/h1-5,12,14H,6-11H2;1H. The lowest BCUT2D eigenvalue weighted by Crippen LogP contribution is -2.41. The Hall–Kier alpha value is -2.38. The number of hydrogen-bond donors (Lipinski definition) is 0. The molecule has 0 N–H and O–H groups in total. The number of carbonyl (C=O) groups excluding carboxylic acids is 1. The summed E-state index contributed by atoms with van der Waals surface area (Å²) in [4.78, 5) is 27.7. The third-order valence-electron chi connectivity index (χ3n) is 5.07. The SMILES string of the molecule is Cl.O=C(c1ccc(-c2cccc([N+](=O)[O-])c2)o1)N1CCN2CCC1CC2. The molecule has 0 radical (unpaired) electrons. The molecule has 4 heterocycles. The number of nitrogens with zero attached hydrogens (tertiary/aromatic N) is 3. The molecule has 0 spiro atoms. The van der Waals surface area contributed by atoms with E-state index in [4.69, 9.17) is 4.42 Å². The van der Waals surface area contributed by atoms with Gasteiger partial charge in [0.2, 0.25) is 0 Å². The van der Waals surface area contributed by atoms with Gasteiger partial charge in [0.15, 0.2) is 5.76 Å². The van der Waals surface area contributed by atoms with Crippen LogP contribution < -0.4 is 0 Å². The lowest BCUT2D eigenvalue weighted by Gasteiger charge is -2.30. The van der Waals surface area contributed by atoms with Gasteiger partial charge in [-0.1, -0.05) is 12.1 Å². The zero-order valence-electron chi connectivity index (χ0n) is 14.2. The van der Waals surface area contributed by atoms with Gasteiger partial charge in [0, 0.05) is 49.9 Å². The van der Waals surface area contributed by atoms with Crippen molar-refractivity contribution < 1.29 is 14.1 Å². The number of non-ortho nitro benzene ring substituents is 1. The van der Waals surface area contributed by atoms with Crippen molar-refractivity contribution in [1.29, 1.82) is 0 Å². The van der Waals surface area contributed by atoms with Gasteiger partial charge >= 0.3 is 0 Å². The molecule has 1 amide bonds. The summed E-state index contributed by atoms with van der Waals surface area (Å²) in [6.45, 7) is 3.72. The Morgan fingerprint density at radius 3 is 2.62 bits per heavy atom. The molecule has 7 nitrogen and oxygen atoms in total. The molecule has 0 unspecified atom stereocenters. The highest BCUT2D eigenvalue weighted by Crippen LogP contribution is 2.28. The summed E-state index contributed by atoms with van der Waals surface area (Å²) in [7, 11) is 0. The minimum atomic E-state index is -0.443. The Morgan fingerprint density at radius 2 is 1.88 bits per heavy atom. The first-order chi connectivity index (χ1) is 12.1. The fraction of sp³-hybridized carbons (Fsp3) is 0.389. The Kier molecular flexibility index (Phi) is 5.29. The number of halogens is 1. The van der Waals surface area contributed by atoms with Crippen LogP contribution in [0.1, 0.15) is 23.4 Å². The number of benzene rings is 1. The smallest absolute Gasteiger partial charge is 0.289 e. The third-order valence-corrected chi connectivity index (χ3v) is 5.07. The first kappa shape index (κ1) is 18.4. The topological polar surface area (TPSA) is 79.8 Å². The average Bonchev–Trinajstić information content (AvgIpc) is 2.94. The molecule has 3 aliphatic rings. The summed E-state index contributed by atoms with van der Waals surface area (Å²) < 4.78 is 5.74. The maximum absolute atomic E-state index is 12.9. The molecule has 0 saturated carbocycles. The van der Waals surface area contributed by atoms with E-state index in [0.717, 1.165) is 39.0 Å². The Morgan fingerprint density at radius 1 is 1.12 bits per heavy atom. The molecule has 2 aromatic rings. The van der Waals surface area contributed by atoms with Crippen molar-refractivity contribution in [3.63, 3.8) is 0 Å². The van der Waals surface area contributed by atoms with Crippen LogP contribution >= 0.6 is 12.4 Å². The highest BCUT2D eigenvalue weighted by molar-refractivity contribution is 5.92. The number of piperidine rings is 1. The Balaban J connectivity index is 0.00000196. The van der Waals surface area contributed by atoms with E-state index in [9.17, 15) is 14.9 Å². The van der Waals surface area contributed by atoms with E-state index in [1.807, 2.05) is 4.90 Å². The number of rotatable bonds is 3. The van der Waals surface area contributed by atoms with Crippen LogP contribution in [-0.4, -0.2) is 52.9 Å². The minimum absolute atomic E-state index is 0. The maximum atomic E-state index is 12.9. The average molecular weight is 378 g/mol. The van der Waals surface area contributed by atoms with Gasteiger partial charge in [-0.3, -0.25) is 14.9 Å². The van der Waals surface area contributed by atoms with Crippen LogP contribution in [0.4, 0.5) is 5.69 Å². The number of nitro benzene ring substituents is 1. The third kappa shape index (κ3) is 3.45. The number of furan rings is 1. The quantitative estimate of drug-likeness (QED) is 0.606. The molecule has 5 rings (SSSR count). The van der Waals surface area contributed by atoms with Gasteiger partial charge in [0.1, 0.15) is 5.76 Å². The highest BCUT2D eigenvalue weighted by Gasteiger charge is 2.33. The zero-order valence-corrected chi connectivity index (χ0v) is 15.0. The molecule has 2 bridgehead atoms. The Bertz CT molecular complexity index is 814. The molecular formula is C18H20ClN3O4. The molecule has 3 saturated heterocycles. The summed E-state index contributed by atoms with van der Waals surface area (Å²) >= 11 is 0. The van der Waals surface area contributed by atoms with Crippen LogP contribution in [0.3, 0.4) is 0 Å². The molecule has 0 atom stereocenters. The molecular weight excluding hydrogens is 358 g/mol. The maximum Gasteiger partial charge on any atom is 0.289 e. The molecule has 0 aliphatic carbocycles. The van der Waals surface area contributed by atoms with Gasteiger partial charge in [0.05, 0.1) is 4.92 Å². The predicted molar refractivity (Wildman–Crippen MR) is 98.5 cm³/mol. The van der Waals surface area contributed by atoms with Crippen molar-refractivity contribution >= 4 is 24.0 Å². The van der Waals surface area contributed by atoms with Gasteiger partial charge < -0.3 is 14.2 Å². The van der Waals surface area contributed by atoms with Crippen molar-refractivity contribution in [1.82, 2.24) is 9.80 Å². The van der Waals surface area contributed by atoms with E-state index in [-0.39, 0.29) is 30.0 Å². The minimum Gasteiger partial charge on any atom is -0.451 e. The molecule has 3 fully saturated rings. The number of hydrogen-bond acceptors (Lipinski definition) is 5. The second kappa shape index (κ2) is 7.47. The van der Waals surface area contributed by atoms with E-state index in [0.29, 0.717) is 17.1 Å². The fourth-order valence-electron chi connectivity index (χ4n) is 3.68. The van der Waals surface area contributed by atoms with Crippen molar-refractivity contribution in [3.05, 3.63) is 52.3 Å². The van der Waals surface area contributed by atoms with E-state index >= 15 is 0 Å². The number of carbonyl (C=O) groups is 1. The van der Waals surface area contributed by atoms with Crippen LogP contribution in [0, 0.1) is 10.1 Å². The molecule has 138 valence electrons. The number of nitro groups is 1. The molecule has 1 aromatic carbocycles. The van der Waals surface area contributed by atoms with E-state index in [1.165, 1.54) is 12.1 Å². The van der Waals surface area contributed by atoms with Crippen molar-refractivity contribution in [2.24, 2.45) is 0 Å². The monoisotopic (exact) mass is 377 g/mol.